The Morgan fingerprint density at radius 1 is 1.09 bits per heavy atom. The van der Waals surface area contributed by atoms with E-state index in [2.05, 4.69) is 20.5 Å². The number of aryl methyl sites for hydroxylation is 2. The Morgan fingerprint density at radius 3 is 2.61 bits per heavy atom. The summed E-state index contributed by atoms with van der Waals surface area (Å²) in [6.07, 6.45) is 3.84. The van der Waals surface area contributed by atoms with Crippen molar-refractivity contribution >= 4 is 22.5 Å². The van der Waals surface area contributed by atoms with Crippen LogP contribution >= 0.6 is 0 Å². The van der Waals surface area contributed by atoms with Crippen LogP contribution in [0.3, 0.4) is 0 Å². The van der Waals surface area contributed by atoms with Gasteiger partial charge >= 0.3 is 0 Å². The average Bonchev–Trinajstić information content (AvgIpc) is 3.25. The monoisotopic (exact) mass is 448 g/mol. The zero-order chi connectivity index (χ0) is 23.4. The van der Waals surface area contributed by atoms with Gasteiger partial charge in [-0.2, -0.15) is 0 Å². The summed E-state index contributed by atoms with van der Waals surface area (Å²) in [5.41, 5.74) is 1.85. The molecule has 2 heterocycles. The van der Waals surface area contributed by atoms with E-state index in [0.29, 0.717) is 46.9 Å². The molecule has 2 aromatic heterocycles. The van der Waals surface area contributed by atoms with Crippen LogP contribution in [-0.4, -0.2) is 44.4 Å². The highest BCUT2D eigenvalue weighted by Crippen LogP contribution is 2.29. The molecular weight excluding hydrogens is 424 g/mol. The van der Waals surface area contributed by atoms with Crippen LogP contribution in [-0.2, 0) is 18.4 Å². The number of hydrogen-bond donors (Lipinski definition) is 1. The Bertz CT molecular complexity index is 1360. The number of amides is 1. The Morgan fingerprint density at radius 2 is 1.88 bits per heavy atom. The van der Waals surface area contributed by atoms with Crippen molar-refractivity contribution in [3.05, 3.63) is 59.4 Å². The third kappa shape index (κ3) is 4.69. The number of benzene rings is 2. The number of hydrogen-bond acceptors (Lipinski definition) is 7. The molecule has 0 fully saturated rings. The van der Waals surface area contributed by atoms with E-state index in [0.717, 1.165) is 5.56 Å². The van der Waals surface area contributed by atoms with Crippen molar-refractivity contribution < 1.29 is 14.3 Å². The maximum absolute atomic E-state index is 12.9. The summed E-state index contributed by atoms with van der Waals surface area (Å²) in [4.78, 5) is 29.6. The van der Waals surface area contributed by atoms with Crippen molar-refractivity contribution in [2.24, 2.45) is 7.05 Å². The summed E-state index contributed by atoms with van der Waals surface area (Å²) in [6.45, 7) is 0.364. The topological polar surface area (TPSA) is 113 Å². The molecule has 10 heteroatoms. The van der Waals surface area contributed by atoms with Crippen molar-refractivity contribution in [2.75, 3.05) is 19.5 Å². The fourth-order valence-corrected chi connectivity index (χ4v) is 3.56. The van der Waals surface area contributed by atoms with E-state index in [1.165, 1.54) is 25.1 Å². The van der Waals surface area contributed by atoms with E-state index < -0.39 is 0 Å². The van der Waals surface area contributed by atoms with Crippen molar-refractivity contribution in [3.8, 4) is 22.9 Å². The van der Waals surface area contributed by atoms with Crippen LogP contribution in [0.5, 0.6) is 11.5 Å². The number of carbonyl (C=O) groups excluding carboxylic acids is 1. The number of fused-ring (bicyclic) bond motifs is 1. The molecule has 4 aromatic rings. The van der Waals surface area contributed by atoms with Crippen LogP contribution in [0.15, 0.2) is 53.8 Å². The molecule has 1 N–H and O–H groups in total. The molecule has 2 aromatic carbocycles. The van der Waals surface area contributed by atoms with Gasteiger partial charge in [-0.1, -0.05) is 12.1 Å². The number of anilines is 1. The van der Waals surface area contributed by atoms with Gasteiger partial charge in [-0.15, -0.1) is 10.2 Å². The minimum Gasteiger partial charge on any atom is -0.493 e. The smallest absolute Gasteiger partial charge is 0.261 e. The quantitative estimate of drug-likeness (QED) is 0.441. The molecule has 0 aliphatic heterocycles. The van der Waals surface area contributed by atoms with Gasteiger partial charge in [0.05, 0.1) is 31.4 Å². The molecule has 0 bridgehead atoms. The van der Waals surface area contributed by atoms with Crippen LogP contribution in [0, 0.1) is 0 Å². The molecule has 0 aliphatic carbocycles. The number of nitrogens with one attached hydrogen (secondary N) is 1. The zero-order valence-corrected chi connectivity index (χ0v) is 18.6. The Labute approximate surface area is 189 Å². The minimum atomic E-state index is -0.197. The molecular formula is C23H24N6O4. The first-order chi connectivity index (χ1) is 16.0. The first-order valence-electron chi connectivity index (χ1n) is 10.4. The molecule has 33 heavy (non-hydrogen) atoms. The van der Waals surface area contributed by atoms with E-state index in [-0.39, 0.29) is 17.9 Å². The minimum absolute atomic E-state index is 0.140. The molecule has 170 valence electrons. The fourth-order valence-electron chi connectivity index (χ4n) is 3.56. The van der Waals surface area contributed by atoms with Crippen LogP contribution in [0.25, 0.3) is 22.3 Å². The van der Waals surface area contributed by atoms with Crippen molar-refractivity contribution in [2.45, 2.75) is 19.4 Å². The number of nitrogens with zero attached hydrogens (tertiary/aromatic N) is 5. The largest absolute Gasteiger partial charge is 0.493 e. The SMILES string of the molecule is COc1cc2ncn(CCCC(=O)Nc3cccc(-c4nncn4C)c3)c(=O)c2cc1OC. The third-order valence-electron chi connectivity index (χ3n) is 5.25. The molecule has 0 atom stereocenters. The lowest BCUT2D eigenvalue weighted by molar-refractivity contribution is -0.116. The van der Waals surface area contributed by atoms with Crippen LogP contribution in [0.2, 0.25) is 0 Å². The Hall–Kier alpha value is -4.21. The summed E-state index contributed by atoms with van der Waals surface area (Å²) in [5.74, 6) is 1.54. The second-order valence-electron chi connectivity index (χ2n) is 7.47. The normalized spacial score (nSPS) is 10.9. The van der Waals surface area contributed by atoms with Gasteiger partial charge in [0.25, 0.3) is 5.56 Å². The van der Waals surface area contributed by atoms with Crippen molar-refractivity contribution in [1.82, 2.24) is 24.3 Å². The van der Waals surface area contributed by atoms with Gasteiger partial charge in [0.1, 0.15) is 6.33 Å². The zero-order valence-electron chi connectivity index (χ0n) is 18.6. The first-order valence-corrected chi connectivity index (χ1v) is 10.4. The lowest BCUT2D eigenvalue weighted by Gasteiger charge is -2.11. The van der Waals surface area contributed by atoms with Crippen molar-refractivity contribution in [3.63, 3.8) is 0 Å². The summed E-state index contributed by atoms with van der Waals surface area (Å²) < 4.78 is 13.9. The van der Waals surface area contributed by atoms with Gasteiger partial charge in [-0.3, -0.25) is 14.2 Å². The van der Waals surface area contributed by atoms with E-state index in [1.54, 1.807) is 18.5 Å². The van der Waals surface area contributed by atoms with Crippen molar-refractivity contribution in [1.29, 1.82) is 0 Å². The highest BCUT2D eigenvalue weighted by Gasteiger charge is 2.12. The summed E-state index contributed by atoms with van der Waals surface area (Å²) in [6, 6.07) is 10.7. The summed E-state index contributed by atoms with van der Waals surface area (Å²) >= 11 is 0. The van der Waals surface area contributed by atoms with Crippen LogP contribution in [0.1, 0.15) is 12.8 Å². The average molecular weight is 448 g/mol. The molecule has 0 saturated heterocycles. The van der Waals surface area contributed by atoms with Crippen LogP contribution in [0.4, 0.5) is 5.69 Å². The molecule has 0 saturated carbocycles. The lowest BCUT2D eigenvalue weighted by atomic mass is 10.2. The summed E-state index contributed by atoms with van der Waals surface area (Å²) in [7, 11) is 4.90. The van der Waals surface area contributed by atoms with Gasteiger partial charge in [0, 0.05) is 37.3 Å². The Balaban J connectivity index is 1.40. The molecule has 10 nitrogen and oxygen atoms in total. The van der Waals surface area contributed by atoms with E-state index in [4.69, 9.17) is 9.47 Å². The van der Waals surface area contributed by atoms with Crippen LogP contribution < -0.4 is 20.3 Å². The van der Waals surface area contributed by atoms with Gasteiger partial charge in [0.15, 0.2) is 17.3 Å². The highest BCUT2D eigenvalue weighted by atomic mass is 16.5. The second kappa shape index (κ2) is 9.51. The molecule has 0 aliphatic rings. The number of carbonyl (C=O) groups is 1. The van der Waals surface area contributed by atoms with Gasteiger partial charge in [0.2, 0.25) is 5.91 Å². The van der Waals surface area contributed by atoms with Gasteiger partial charge in [-0.25, -0.2) is 4.98 Å². The number of methoxy groups -OCH3 is 2. The standard InChI is InChI=1S/C23H24N6O4/c1-28-14-25-27-22(28)15-6-4-7-16(10-15)26-21(30)8-5-9-29-13-24-18-12-20(33-3)19(32-2)11-17(18)23(29)31/h4,6-7,10-14H,5,8-9H2,1-3H3,(H,26,30). The number of aromatic nitrogens is 5. The number of rotatable bonds is 8. The molecule has 4 rings (SSSR count). The van der Waals surface area contributed by atoms with Gasteiger partial charge in [-0.05, 0) is 24.6 Å². The maximum Gasteiger partial charge on any atom is 0.261 e. The van der Waals surface area contributed by atoms with E-state index in [1.807, 2.05) is 35.9 Å². The predicted octanol–water partition coefficient (Wildman–Crippen LogP) is 2.63. The fraction of sp³-hybridized carbons (Fsp3) is 0.261. The second-order valence-corrected chi connectivity index (χ2v) is 7.47. The van der Waals surface area contributed by atoms with E-state index >= 15 is 0 Å². The molecule has 1 amide bonds. The van der Waals surface area contributed by atoms with Gasteiger partial charge < -0.3 is 19.4 Å². The third-order valence-corrected chi connectivity index (χ3v) is 5.25. The molecule has 0 radical (unpaired) electrons. The molecule has 0 spiro atoms. The maximum atomic E-state index is 12.9. The number of ether oxygens (including phenoxy) is 2. The predicted molar refractivity (Wildman–Crippen MR) is 123 cm³/mol. The highest BCUT2D eigenvalue weighted by molar-refractivity contribution is 5.91. The lowest BCUT2D eigenvalue weighted by Crippen LogP contribution is -2.22. The molecule has 0 unspecified atom stereocenters. The van der Waals surface area contributed by atoms with E-state index in [9.17, 15) is 9.59 Å². The first kappa shape index (κ1) is 22.0. The summed E-state index contributed by atoms with van der Waals surface area (Å²) in [5, 5.41) is 11.3. The Kier molecular flexibility index (Phi) is 6.34.